The second-order valence-electron chi connectivity index (χ2n) is 5.29. The lowest BCUT2D eigenvalue weighted by Crippen LogP contribution is -2.49. The highest BCUT2D eigenvalue weighted by Gasteiger charge is 2.55. The molecule has 0 atom stereocenters. The molecule has 2 aliphatic rings. The van der Waals surface area contributed by atoms with Gasteiger partial charge >= 0.3 is 6.09 Å². The van der Waals surface area contributed by atoms with E-state index in [-0.39, 0.29) is 5.91 Å². The molecule has 20 heavy (non-hydrogen) atoms. The molecule has 0 N–H and O–H groups in total. The monoisotopic (exact) mass is 294 g/mol. The van der Waals surface area contributed by atoms with Crippen LogP contribution in [0, 0.1) is 0 Å². The molecule has 5 nitrogen and oxygen atoms in total. The SMILES string of the molecule is CN1CCC2(CC1)OC(=O)N(c1cccc(Cl)c1)C2=O. The van der Waals surface area contributed by atoms with Gasteiger partial charge in [0.2, 0.25) is 0 Å². The Morgan fingerprint density at radius 1 is 1.25 bits per heavy atom. The normalized spacial score (nSPS) is 22.4. The van der Waals surface area contributed by atoms with Gasteiger partial charge in [-0.3, -0.25) is 4.79 Å². The molecule has 0 saturated carbocycles. The van der Waals surface area contributed by atoms with Crippen LogP contribution in [0.3, 0.4) is 0 Å². The third-order valence-electron chi connectivity index (χ3n) is 3.92. The molecule has 3 rings (SSSR count). The van der Waals surface area contributed by atoms with Crippen LogP contribution in [-0.2, 0) is 9.53 Å². The van der Waals surface area contributed by atoms with E-state index in [0.29, 0.717) is 23.6 Å². The van der Waals surface area contributed by atoms with Gasteiger partial charge < -0.3 is 9.64 Å². The van der Waals surface area contributed by atoms with E-state index >= 15 is 0 Å². The Morgan fingerprint density at radius 3 is 2.60 bits per heavy atom. The van der Waals surface area contributed by atoms with Crippen molar-refractivity contribution < 1.29 is 14.3 Å². The maximum absolute atomic E-state index is 12.6. The minimum atomic E-state index is -0.994. The highest BCUT2D eigenvalue weighted by Crippen LogP contribution is 2.37. The van der Waals surface area contributed by atoms with Crippen LogP contribution in [-0.4, -0.2) is 42.6 Å². The van der Waals surface area contributed by atoms with Gasteiger partial charge in [0.15, 0.2) is 5.60 Å². The third kappa shape index (κ3) is 2.07. The largest absolute Gasteiger partial charge is 0.432 e. The molecule has 0 radical (unpaired) electrons. The summed E-state index contributed by atoms with van der Waals surface area (Å²) in [6.45, 7) is 1.48. The van der Waals surface area contributed by atoms with E-state index in [9.17, 15) is 9.59 Å². The molecule has 1 aromatic carbocycles. The number of likely N-dealkylation sites (tertiary alicyclic amines) is 1. The van der Waals surface area contributed by atoms with Gasteiger partial charge in [-0.05, 0) is 25.2 Å². The highest BCUT2D eigenvalue weighted by atomic mass is 35.5. The van der Waals surface area contributed by atoms with Crippen LogP contribution in [0.2, 0.25) is 5.02 Å². The summed E-state index contributed by atoms with van der Waals surface area (Å²) < 4.78 is 5.42. The van der Waals surface area contributed by atoms with Gasteiger partial charge in [0.25, 0.3) is 5.91 Å². The minimum absolute atomic E-state index is 0.280. The number of hydrogen-bond donors (Lipinski definition) is 0. The summed E-state index contributed by atoms with van der Waals surface area (Å²) in [7, 11) is 1.99. The topological polar surface area (TPSA) is 49.9 Å². The van der Waals surface area contributed by atoms with Crippen LogP contribution >= 0.6 is 11.6 Å². The molecule has 106 valence electrons. The maximum atomic E-state index is 12.6. The Kier molecular flexibility index (Phi) is 3.18. The molecule has 0 bridgehead atoms. The fourth-order valence-corrected chi connectivity index (χ4v) is 2.86. The summed E-state index contributed by atoms with van der Waals surface area (Å²) in [5, 5.41) is 0.479. The molecule has 2 fully saturated rings. The molecule has 0 aliphatic carbocycles. The molecule has 1 spiro atoms. The van der Waals surface area contributed by atoms with Gasteiger partial charge in [0.1, 0.15) is 0 Å². The van der Waals surface area contributed by atoms with E-state index in [1.54, 1.807) is 24.3 Å². The van der Waals surface area contributed by atoms with E-state index in [0.717, 1.165) is 18.0 Å². The van der Waals surface area contributed by atoms with E-state index in [2.05, 4.69) is 4.90 Å². The Hall–Kier alpha value is -1.59. The molecule has 0 unspecified atom stereocenters. The average Bonchev–Trinajstić information content (AvgIpc) is 2.65. The third-order valence-corrected chi connectivity index (χ3v) is 4.15. The van der Waals surface area contributed by atoms with Crippen molar-refractivity contribution in [2.75, 3.05) is 25.0 Å². The Labute approximate surface area is 122 Å². The number of benzene rings is 1. The number of halogens is 1. The van der Waals surface area contributed by atoms with Gasteiger partial charge in [0, 0.05) is 31.0 Å². The molecule has 2 heterocycles. The summed E-state index contributed by atoms with van der Waals surface area (Å²) >= 11 is 5.92. The molecule has 6 heteroatoms. The van der Waals surface area contributed by atoms with Crippen LogP contribution in [0.5, 0.6) is 0 Å². The number of imide groups is 1. The van der Waals surface area contributed by atoms with Crippen molar-refractivity contribution in [2.24, 2.45) is 0 Å². The number of ether oxygens (including phenoxy) is 1. The van der Waals surface area contributed by atoms with Crippen molar-refractivity contribution in [3.05, 3.63) is 29.3 Å². The van der Waals surface area contributed by atoms with Crippen molar-refractivity contribution in [1.82, 2.24) is 4.90 Å². The van der Waals surface area contributed by atoms with Crippen molar-refractivity contribution in [2.45, 2.75) is 18.4 Å². The lowest BCUT2D eigenvalue weighted by molar-refractivity contribution is -0.133. The first kappa shape index (κ1) is 13.4. The Morgan fingerprint density at radius 2 is 1.95 bits per heavy atom. The standard InChI is InChI=1S/C14H15ClN2O3/c1-16-7-5-14(6-8-16)12(18)17(13(19)20-14)11-4-2-3-10(15)9-11/h2-4,9H,5-8H2,1H3. The molecular formula is C14H15ClN2O3. The number of anilines is 1. The lowest BCUT2D eigenvalue weighted by atomic mass is 9.90. The smallest absolute Gasteiger partial charge is 0.422 e. The predicted molar refractivity (Wildman–Crippen MR) is 74.9 cm³/mol. The Balaban J connectivity index is 1.91. The van der Waals surface area contributed by atoms with Crippen LogP contribution in [0.4, 0.5) is 10.5 Å². The fraction of sp³-hybridized carbons (Fsp3) is 0.429. The highest BCUT2D eigenvalue weighted by molar-refractivity contribution is 6.31. The van der Waals surface area contributed by atoms with Crippen molar-refractivity contribution in [3.63, 3.8) is 0 Å². The summed E-state index contributed by atoms with van der Waals surface area (Å²) in [5.74, 6) is -0.280. The Bertz CT molecular complexity index is 567. The first-order valence-corrected chi connectivity index (χ1v) is 6.91. The molecule has 0 aromatic heterocycles. The number of nitrogens with zero attached hydrogens (tertiary/aromatic N) is 2. The maximum Gasteiger partial charge on any atom is 0.422 e. The van der Waals surface area contributed by atoms with Crippen LogP contribution in [0.15, 0.2) is 24.3 Å². The van der Waals surface area contributed by atoms with Crippen molar-refractivity contribution in [3.8, 4) is 0 Å². The summed E-state index contributed by atoms with van der Waals surface area (Å²) in [6, 6.07) is 6.67. The van der Waals surface area contributed by atoms with Gasteiger partial charge in [0.05, 0.1) is 5.69 Å². The van der Waals surface area contributed by atoms with Crippen LogP contribution in [0.25, 0.3) is 0 Å². The fourth-order valence-electron chi connectivity index (χ4n) is 2.68. The summed E-state index contributed by atoms with van der Waals surface area (Å²) in [4.78, 5) is 27.9. The lowest BCUT2D eigenvalue weighted by Gasteiger charge is -2.33. The van der Waals surface area contributed by atoms with E-state index < -0.39 is 11.7 Å². The van der Waals surface area contributed by atoms with Crippen LogP contribution < -0.4 is 4.90 Å². The molecule has 2 amide bonds. The number of piperidine rings is 1. The van der Waals surface area contributed by atoms with Gasteiger partial charge in [-0.25, -0.2) is 9.69 Å². The number of hydrogen-bond acceptors (Lipinski definition) is 4. The van der Waals surface area contributed by atoms with Crippen LogP contribution in [0.1, 0.15) is 12.8 Å². The van der Waals surface area contributed by atoms with Crippen molar-refractivity contribution >= 4 is 29.3 Å². The first-order valence-electron chi connectivity index (χ1n) is 6.53. The van der Waals surface area contributed by atoms with Gasteiger partial charge in [-0.1, -0.05) is 17.7 Å². The zero-order chi connectivity index (χ0) is 14.3. The zero-order valence-corrected chi connectivity index (χ0v) is 11.9. The quantitative estimate of drug-likeness (QED) is 0.797. The van der Waals surface area contributed by atoms with Gasteiger partial charge in [-0.2, -0.15) is 0 Å². The summed E-state index contributed by atoms with van der Waals surface area (Å²) in [5.41, 5.74) is -0.533. The molecular weight excluding hydrogens is 280 g/mol. The average molecular weight is 295 g/mol. The first-order chi connectivity index (χ1) is 9.52. The zero-order valence-electron chi connectivity index (χ0n) is 11.1. The van der Waals surface area contributed by atoms with E-state index in [1.807, 2.05) is 7.05 Å². The molecule has 2 aliphatic heterocycles. The predicted octanol–water partition coefficient (Wildman–Crippen LogP) is 2.29. The van der Waals surface area contributed by atoms with E-state index in [4.69, 9.17) is 16.3 Å². The second-order valence-corrected chi connectivity index (χ2v) is 5.72. The van der Waals surface area contributed by atoms with Gasteiger partial charge in [-0.15, -0.1) is 0 Å². The minimum Gasteiger partial charge on any atom is -0.432 e. The number of carbonyl (C=O) groups excluding carboxylic acids is 2. The number of rotatable bonds is 1. The molecule has 2 saturated heterocycles. The van der Waals surface area contributed by atoms with E-state index in [1.165, 1.54) is 0 Å². The molecule has 1 aromatic rings. The second kappa shape index (κ2) is 4.75. The van der Waals surface area contributed by atoms with Crippen molar-refractivity contribution in [1.29, 1.82) is 0 Å². The number of amides is 2. The summed E-state index contributed by atoms with van der Waals surface area (Å²) in [6.07, 6.45) is 0.456. The number of carbonyl (C=O) groups is 2.